The molecule has 2 fully saturated rings. The van der Waals surface area contributed by atoms with Crippen molar-refractivity contribution in [1.82, 2.24) is 15.1 Å². The molecular formula is C19H22N4O5. The number of nitrogens with one attached hydrogen (secondary N) is 2. The van der Waals surface area contributed by atoms with Gasteiger partial charge in [0.25, 0.3) is 5.91 Å². The third kappa shape index (κ3) is 3.28. The number of hydrogen-bond donors (Lipinski definition) is 3. The Balaban J connectivity index is 1.48. The summed E-state index contributed by atoms with van der Waals surface area (Å²) in [6, 6.07) is 3.46. The molecule has 2 aliphatic rings. The number of carbonyl (C=O) groups excluding carboxylic acids is 2. The topological polar surface area (TPSA) is 126 Å². The van der Waals surface area contributed by atoms with Crippen molar-refractivity contribution in [1.29, 1.82) is 0 Å². The van der Waals surface area contributed by atoms with Crippen LogP contribution < -0.4 is 10.6 Å². The molecule has 9 heteroatoms. The highest BCUT2D eigenvalue weighted by atomic mass is 16.4. The second-order valence-corrected chi connectivity index (χ2v) is 7.54. The molecule has 2 aromatic rings. The van der Waals surface area contributed by atoms with E-state index in [-0.39, 0.29) is 35.7 Å². The van der Waals surface area contributed by atoms with Gasteiger partial charge in [-0.2, -0.15) is 5.10 Å². The Hall–Kier alpha value is -3.10. The zero-order valence-electron chi connectivity index (χ0n) is 15.4. The van der Waals surface area contributed by atoms with Gasteiger partial charge in [0.15, 0.2) is 5.69 Å². The molecule has 2 bridgehead atoms. The molecule has 0 saturated heterocycles. The number of nitrogens with zero attached hydrogens (tertiary/aromatic N) is 2. The zero-order valence-corrected chi connectivity index (χ0v) is 15.4. The van der Waals surface area contributed by atoms with E-state index in [1.54, 1.807) is 25.4 Å². The van der Waals surface area contributed by atoms with Crippen molar-refractivity contribution >= 4 is 23.5 Å². The minimum absolute atomic E-state index is 0.0585. The Morgan fingerprint density at radius 3 is 2.71 bits per heavy atom. The summed E-state index contributed by atoms with van der Waals surface area (Å²) < 4.78 is 6.62. The first-order valence-corrected chi connectivity index (χ1v) is 9.32. The number of carbonyl (C=O) groups is 3. The van der Waals surface area contributed by atoms with E-state index < -0.39 is 23.7 Å². The molecule has 4 atom stereocenters. The van der Waals surface area contributed by atoms with Gasteiger partial charge in [-0.1, -0.05) is 0 Å². The van der Waals surface area contributed by atoms with E-state index in [2.05, 4.69) is 15.7 Å². The highest BCUT2D eigenvalue weighted by molar-refractivity contribution is 6.03. The van der Waals surface area contributed by atoms with E-state index >= 15 is 0 Å². The number of anilines is 1. The van der Waals surface area contributed by atoms with Crippen LogP contribution in [-0.2, 0) is 23.2 Å². The molecule has 0 spiro atoms. The molecule has 28 heavy (non-hydrogen) atoms. The van der Waals surface area contributed by atoms with Gasteiger partial charge in [-0.25, -0.2) is 0 Å². The number of aromatic nitrogens is 2. The molecule has 2 heterocycles. The molecular weight excluding hydrogens is 364 g/mol. The average molecular weight is 386 g/mol. The first-order chi connectivity index (χ1) is 13.4. The number of aryl methyl sites for hydroxylation is 1. The molecule has 0 aromatic carbocycles. The monoisotopic (exact) mass is 386 g/mol. The lowest BCUT2D eigenvalue weighted by molar-refractivity contribution is -0.148. The van der Waals surface area contributed by atoms with Crippen molar-refractivity contribution in [2.45, 2.75) is 25.8 Å². The molecule has 2 amide bonds. The van der Waals surface area contributed by atoms with Crippen LogP contribution in [0.3, 0.4) is 0 Å². The molecule has 0 unspecified atom stereocenters. The van der Waals surface area contributed by atoms with Crippen LogP contribution in [0.15, 0.2) is 29.0 Å². The summed E-state index contributed by atoms with van der Waals surface area (Å²) in [5.41, 5.74) is 0.355. The van der Waals surface area contributed by atoms with Crippen LogP contribution in [-0.4, -0.2) is 32.7 Å². The lowest BCUT2D eigenvalue weighted by Gasteiger charge is -2.26. The standard InChI is InChI=1S/C19H22N4O5/c1-23-9-13(16(22-23)18(25)20-8-12-3-2-6-28-12)21-17(24)14-10-4-5-11(7-10)15(14)19(26)27/h2-3,6,9-11,14-15H,4-5,7-8H2,1H3,(H,20,25)(H,21,24)(H,26,27)/t10-,11-,14-,15-/m0/s1. The van der Waals surface area contributed by atoms with Crippen LogP contribution in [0.1, 0.15) is 35.5 Å². The molecule has 0 aliphatic heterocycles. The van der Waals surface area contributed by atoms with E-state index in [4.69, 9.17) is 4.42 Å². The van der Waals surface area contributed by atoms with E-state index in [1.807, 2.05) is 0 Å². The van der Waals surface area contributed by atoms with Gasteiger partial charge < -0.3 is 20.2 Å². The maximum Gasteiger partial charge on any atom is 0.307 e. The number of carboxylic acids is 1. The van der Waals surface area contributed by atoms with Gasteiger partial charge in [0.05, 0.1) is 30.3 Å². The van der Waals surface area contributed by atoms with Crippen molar-refractivity contribution in [2.75, 3.05) is 5.32 Å². The van der Waals surface area contributed by atoms with Gasteiger partial charge >= 0.3 is 5.97 Å². The van der Waals surface area contributed by atoms with Crippen LogP contribution >= 0.6 is 0 Å². The van der Waals surface area contributed by atoms with Gasteiger partial charge in [0.1, 0.15) is 5.76 Å². The molecule has 148 valence electrons. The van der Waals surface area contributed by atoms with E-state index in [0.717, 1.165) is 19.3 Å². The van der Waals surface area contributed by atoms with Crippen molar-refractivity contribution in [3.63, 3.8) is 0 Å². The second-order valence-electron chi connectivity index (χ2n) is 7.54. The van der Waals surface area contributed by atoms with E-state index in [1.165, 1.54) is 10.9 Å². The smallest absolute Gasteiger partial charge is 0.307 e. The fourth-order valence-corrected chi connectivity index (χ4v) is 4.65. The highest BCUT2D eigenvalue weighted by Crippen LogP contribution is 2.52. The summed E-state index contributed by atoms with van der Waals surface area (Å²) in [6.45, 7) is 0.198. The first-order valence-electron chi connectivity index (χ1n) is 9.32. The summed E-state index contributed by atoms with van der Waals surface area (Å²) in [6.07, 6.45) is 5.57. The van der Waals surface area contributed by atoms with E-state index in [9.17, 15) is 19.5 Å². The average Bonchev–Trinajstić information content (AvgIpc) is 3.43. The fraction of sp³-hybridized carbons (Fsp3) is 0.474. The van der Waals surface area contributed by atoms with Gasteiger partial charge in [-0.15, -0.1) is 0 Å². The summed E-state index contributed by atoms with van der Waals surface area (Å²) >= 11 is 0. The summed E-state index contributed by atoms with van der Waals surface area (Å²) in [7, 11) is 1.65. The van der Waals surface area contributed by atoms with Crippen LogP contribution in [0.2, 0.25) is 0 Å². The lowest BCUT2D eigenvalue weighted by Crippen LogP contribution is -2.38. The Bertz CT molecular complexity index is 904. The minimum Gasteiger partial charge on any atom is -0.481 e. The van der Waals surface area contributed by atoms with Gasteiger partial charge in [-0.05, 0) is 43.2 Å². The summed E-state index contributed by atoms with van der Waals surface area (Å²) in [5.74, 6) is -2.22. The molecule has 4 rings (SSSR count). The lowest BCUT2D eigenvalue weighted by atomic mass is 9.78. The predicted octanol–water partition coefficient (Wildman–Crippen LogP) is 1.63. The fourth-order valence-electron chi connectivity index (χ4n) is 4.65. The van der Waals surface area contributed by atoms with E-state index in [0.29, 0.717) is 5.76 Å². The van der Waals surface area contributed by atoms with Crippen molar-refractivity contribution in [2.24, 2.45) is 30.7 Å². The largest absolute Gasteiger partial charge is 0.481 e. The number of amides is 2. The van der Waals surface area contributed by atoms with Gasteiger partial charge in [0.2, 0.25) is 5.91 Å². The Morgan fingerprint density at radius 2 is 2.04 bits per heavy atom. The number of aliphatic carboxylic acids is 1. The predicted molar refractivity (Wildman–Crippen MR) is 97.2 cm³/mol. The first kappa shape index (κ1) is 18.3. The molecule has 0 radical (unpaired) electrons. The Morgan fingerprint density at radius 1 is 1.29 bits per heavy atom. The molecule has 2 aliphatic carbocycles. The number of carboxylic acid groups (broad SMARTS) is 1. The number of furan rings is 1. The van der Waals surface area contributed by atoms with Gasteiger partial charge in [0, 0.05) is 13.2 Å². The highest BCUT2D eigenvalue weighted by Gasteiger charge is 2.54. The molecule has 2 aromatic heterocycles. The van der Waals surface area contributed by atoms with Crippen molar-refractivity contribution in [3.05, 3.63) is 36.0 Å². The maximum absolute atomic E-state index is 12.9. The quantitative estimate of drug-likeness (QED) is 0.693. The minimum atomic E-state index is -0.921. The Kier molecular flexibility index (Phi) is 4.66. The molecule has 3 N–H and O–H groups in total. The van der Waals surface area contributed by atoms with Crippen molar-refractivity contribution in [3.8, 4) is 0 Å². The third-order valence-electron chi connectivity index (χ3n) is 5.81. The van der Waals surface area contributed by atoms with Crippen molar-refractivity contribution < 1.29 is 23.9 Å². The van der Waals surface area contributed by atoms with Crippen LogP contribution in [0.25, 0.3) is 0 Å². The van der Waals surface area contributed by atoms with Crippen LogP contribution in [0, 0.1) is 23.7 Å². The number of hydrogen-bond acceptors (Lipinski definition) is 5. The second kappa shape index (κ2) is 7.14. The SMILES string of the molecule is Cn1cc(NC(=O)[C@H]2[C@H]3CC[C@@H](C3)[C@@H]2C(=O)O)c(C(=O)NCc2ccco2)n1. The van der Waals surface area contributed by atoms with Crippen LogP contribution in [0.5, 0.6) is 0 Å². The number of fused-ring (bicyclic) bond motifs is 2. The summed E-state index contributed by atoms with van der Waals surface area (Å²) in [5, 5.41) is 19.1. The zero-order chi connectivity index (χ0) is 19.8. The van der Waals surface area contributed by atoms with Gasteiger partial charge in [-0.3, -0.25) is 19.1 Å². The van der Waals surface area contributed by atoms with Crippen LogP contribution in [0.4, 0.5) is 5.69 Å². The maximum atomic E-state index is 12.9. The molecule has 9 nitrogen and oxygen atoms in total. The summed E-state index contributed by atoms with van der Waals surface area (Å²) in [4.78, 5) is 37.1. The Labute approximate surface area is 161 Å². The third-order valence-corrected chi connectivity index (χ3v) is 5.81. The number of rotatable bonds is 6. The normalized spacial score (nSPS) is 25.6. The molecule has 2 saturated carbocycles.